The SMILES string of the molecule is COC(OC)C(O[PH])C(C)C(C)/C([O])=C/S(=O)(=O)c1ccccc1. The molecule has 1 aromatic carbocycles. The molecular weight excluding hydrogens is 351 g/mol. The highest BCUT2D eigenvalue weighted by atomic mass is 32.2. The van der Waals surface area contributed by atoms with Crippen LogP contribution >= 0.6 is 9.47 Å². The zero-order chi connectivity index (χ0) is 18.3. The first-order valence-corrected chi connectivity index (χ1v) is 9.30. The molecule has 0 saturated carbocycles. The Kier molecular flexibility index (Phi) is 8.33. The summed E-state index contributed by atoms with van der Waals surface area (Å²) in [5.74, 6) is -1.48. The van der Waals surface area contributed by atoms with Crippen molar-refractivity contribution in [3.05, 3.63) is 41.5 Å². The number of hydrogen-bond acceptors (Lipinski definition) is 5. The van der Waals surface area contributed by atoms with E-state index in [0.717, 1.165) is 5.41 Å². The maximum atomic E-state index is 12.4. The van der Waals surface area contributed by atoms with Gasteiger partial charge in [0.15, 0.2) is 12.0 Å². The smallest absolute Gasteiger partial charge is 0.203 e. The van der Waals surface area contributed by atoms with Gasteiger partial charge in [-0.05, 0) is 18.1 Å². The average molecular weight is 374 g/mol. The van der Waals surface area contributed by atoms with E-state index in [9.17, 15) is 13.5 Å². The van der Waals surface area contributed by atoms with Crippen molar-refractivity contribution in [1.29, 1.82) is 0 Å². The average Bonchev–Trinajstić information content (AvgIpc) is 2.58. The third kappa shape index (κ3) is 5.26. The van der Waals surface area contributed by atoms with Crippen molar-refractivity contribution in [2.45, 2.75) is 31.1 Å². The zero-order valence-electron chi connectivity index (χ0n) is 14.1. The van der Waals surface area contributed by atoms with Gasteiger partial charge in [0.05, 0.1) is 19.8 Å². The maximum absolute atomic E-state index is 12.4. The van der Waals surface area contributed by atoms with Gasteiger partial charge in [-0.25, -0.2) is 8.42 Å². The largest absolute Gasteiger partial charge is 0.353 e. The predicted molar refractivity (Wildman–Crippen MR) is 91.7 cm³/mol. The summed E-state index contributed by atoms with van der Waals surface area (Å²) < 4.78 is 40.1. The van der Waals surface area contributed by atoms with Crippen LogP contribution < -0.4 is 0 Å². The Balaban J connectivity index is 3.02. The second kappa shape index (κ2) is 9.49. The molecule has 0 aliphatic rings. The molecule has 2 radical (unpaired) electrons. The minimum atomic E-state index is -3.79. The molecule has 1 rings (SSSR count). The highest BCUT2D eigenvalue weighted by molar-refractivity contribution is 7.94. The van der Waals surface area contributed by atoms with E-state index < -0.39 is 33.9 Å². The molecule has 0 fully saturated rings. The fourth-order valence-electron chi connectivity index (χ4n) is 2.26. The fraction of sp³-hybridized carbons (Fsp3) is 0.500. The van der Waals surface area contributed by atoms with E-state index in [1.165, 1.54) is 26.4 Å². The number of methoxy groups -OCH3 is 2. The molecular formula is C16H23O6PS. The van der Waals surface area contributed by atoms with Crippen molar-refractivity contribution < 1.29 is 27.5 Å². The van der Waals surface area contributed by atoms with Gasteiger partial charge >= 0.3 is 0 Å². The van der Waals surface area contributed by atoms with Crippen molar-refractivity contribution in [1.82, 2.24) is 0 Å². The van der Waals surface area contributed by atoms with Gasteiger partial charge in [0, 0.05) is 20.1 Å². The summed E-state index contributed by atoms with van der Waals surface area (Å²) in [7, 11) is 2.09. The van der Waals surface area contributed by atoms with E-state index >= 15 is 0 Å². The first kappa shape index (κ1) is 21.1. The van der Waals surface area contributed by atoms with Crippen LogP contribution in [0.3, 0.4) is 0 Å². The van der Waals surface area contributed by atoms with Gasteiger partial charge in [-0.15, -0.1) is 0 Å². The van der Waals surface area contributed by atoms with Crippen LogP contribution in [0.15, 0.2) is 46.4 Å². The van der Waals surface area contributed by atoms with Crippen LogP contribution in [0.5, 0.6) is 0 Å². The van der Waals surface area contributed by atoms with Gasteiger partial charge in [0.25, 0.3) is 0 Å². The lowest BCUT2D eigenvalue weighted by molar-refractivity contribution is -0.169. The van der Waals surface area contributed by atoms with Crippen molar-refractivity contribution >= 4 is 19.3 Å². The van der Waals surface area contributed by atoms with Crippen molar-refractivity contribution in [2.24, 2.45) is 11.8 Å². The van der Waals surface area contributed by atoms with E-state index in [0.29, 0.717) is 0 Å². The highest BCUT2D eigenvalue weighted by Gasteiger charge is 2.33. The zero-order valence-corrected chi connectivity index (χ0v) is 15.9. The molecule has 1 aromatic rings. The molecule has 0 heterocycles. The molecule has 0 amide bonds. The number of sulfone groups is 1. The van der Waals surface area contributed by atoms with Gasteiger partial charge in [-0.3, -0.25) is 5.11 Å². The van der Waals surface area contributed by atoms with Crippen LogP contribution in [0.1, 0.15) is 13.8 Å². The quantitative estimate of drug-likeness (QED) is 0.377. The van der Waals surface area contributed by atoms with Crippen LogP contribution in [0.2, 0.25) is 0 Å². The number of ether oxygens (including phenoxy) is 2. The summed E-state index contributed by atoms with van der Waals surface area (Å²) in [6.07, 6.45) is -1.29. The van der Waals surface area contributed by atoms with Crippen LogP contribution in [-0.2, 0) is 28.9 Å². The number of benzene rings is 1. The van der Waals surface area contributed by atoms with Gasteiger partial charge < -0.3 is 14.0 Å². The van der Waals surface area contributed by atoms with E-state index in [-0.39, 0.29) is 10.8 Å². The molecule has 134 valence electrons. The summed E-state index contributed by atoms with van der Waals surface area (Å²) in [6, 6.07) is 7.81. The Hall–Kier alpha value is -0.980. The van der Waals surface area contributed by atoms with Gasteiger partial charge in [0.1, 0.15) is 6.10 Å². The molecule has 8 heteroatoms. The summed E-state index contributed by atoms with van der Waals surface area (Å²) in [5.41, 5.74) is 0. The molecule has 0 spiro atoms. The van der Waals surface area contributed by atoms with E-state index in [4.69, 9.17) is 14.0 Å². The van der Waals surface area contributed by atoms with Gasteiger partial charge in [-0.2, -0.15) is 0 Å². The van der Waals surface area contributed by atoms with Crippen LogP contribution in [0.25, 0.3) is 0 Å². The Morgan fingerprint density at radius 3 is 2.12 bits per heavy atom. The molecule has 3 unspecified atom stereocenters. The molecule has 0 bridgehead atoms. The Bertz CT molecular complexity index is 627. The fourth-order valence-corrected chi connectivity index (χ4v) is 3.78. The molecule has 0 saturated heterocycles. The van der Waals surface area contributed by atoms with Crippen LogP contribution in [0, 0.1) is 11.8 Å². The van der Waals surface area contributed by atoms with Crippen LogP contribution in [0.4, 0.5) is 0 Å². The minimum Gasteiger partial charge on any atom is -0.353 e. The Morgan fingerprint density at radius 1 is 1.12 bits per heavy atom. The van der Waals surface area contributed by atoms with Crippen molar-refractivity contribution in [3.63, 3.8) is 0 Å². The van der Waals surface area contributed by atoms with Gasteiger partial charge in [0.2, 0.25) is 9.84 Å². The molecule has 0 aliphatic carbocycles. The lowest BCUT2D eigenvalue weighted by Gasteiger charge is -2.30. The summed E-state index contributed by atoms with van der Waals surface area (Å²) in [5, 5.41) is 13.2. The first-order chi connectivity index (χ1) is 11.3. The first-order valence-electron chi connectivity index (χ1n) is 7.35. The van der Waals surface area contributed by atoms with E-state index in [1.807, 2.05) is 0 Å². The van der Waals surface area contributed by atoms with Gasteiger partial charge in [-0.1, -0.05) is 32.0 Å². The minimum absolute atomic E-state index is 0.0813. The molecule has 24 heavy (non-hydrogen) atoms. The second-order valence-electron chi connectivity index (χ2n) is 5.45. The third-order valence-corrected chi connectivity index (χ3v) is 5.71. The second-order valence-corrected chi connectivity index (χ2v) is 7.48. The molecule has 0 N–H and O–H groups in total. The molecule has 6 nitrogen and oxygen atoms in total. The monoisotopic (exact) mass is 374 g/mol. The molecule has 0 aromatic heterocycles. The lowest BCUT2D eigenvalue weighted by Crippen LogP contribution is -2.38. The third-order valence-electron chi connectivity index (χ3n) is 3.97. The van der Waals surface area contributed by atoms with E-state index in [2.05, 4.69) is 9.47 Å². The lowest BCUT2D eigenvalue weighted by atomic mass is 9.89. The van der Waals surface area contributed by atoms with Crippen LogP contribution in [-0.4, -0.2) is 35.0 Å². The van der Waals surface area contributed by atoms with Crippen molar-refractivity contribution in [2.75, 3.05) is 14.2 Å². The molecule has 0 aliphatic heterocycles. The van der Waals surface area contributed by atoms with Crippen molar-refractivity contribution in [3.8, 4) is 0 Å². The summed E-state index contributed by atoms with van der Waals surface area (Å²) in [6.45, 7) is 3.41. The molecule has 3 atom stereocenters. The normalized spacial score (nSPS) is 16.8. The number of rotatable bonds is 9. The Labute approximate surface area is 146 Å². The number of hydrogen-bond donors (Lipinski definition) is 0. The maximum Gasteiger partial charge on any atom is 0.203 e. The summed E-state index contributed by atoms with van der Waals surface area (Å²) in [4.78, 5) is 0.0813. The topological polar surface area (TPSA) is 81.7 Å². The van der Waals surface area contributed by atoms with E-state index in [1.54, 1.807) is 32.0 Å². The highest BCUT2D eigenvalue weighted by Crippen LogP contribution is 2.29. The summed E-state index contributed by atoms with van der Waals surface area (Å²) >= 11 is 0. The Morgan fingerprint density at radius 2 is 1.67 bits per heavy atom. The predicted octanol–water partition coefficient (Wildman–Crippen LogP) is 3.07. The standard InChI is InChI=1S/C16H23O6PS/c1-11(12(2)15(22-23)16(20-3)21-4)14(17)10-24(18,19)13-8-6-5-7-9-13/h5-12,15-16,23H,1-4H3/b14-10-. The number of allylic oxidation sites excluding steroid dienone is 1.